The molecule has 1 aromatic carbocycles. The van der Waals surface area contributed by atoms with Gasteiger partial charge in [0.25, 0.3) is 0 Å². The van der Waals surface area contributed by atoms with Gasteiger partial charge in [-0.15, -0.1) is 23.5 Å². The van der Waals surface area contributed by atoms with Crippen LogP contribution in [0.1, 0.15) is 51.0 Å². The van der Waals surface area contributed by atoms with Crippen LogP contribution in [0.3, 0.4) is 0 Å². The van der Waals surface area contributed by atoms with Crippen molar-refractivity contribution < 1.29 is 57.8 Å². The Hall–Kier alpha value is -6.29. The second-order valence-electron chi connectivity index (χ2n) is 15.4. The van der Waals surface area contributed by atoms with Gasteiger partial charge in [0.15, 0.2) is 5.96 Å². The number of carboxylic acid groups (broad SMARTS) is 1. The average Bonchev–Trinajstić information content (AvgIpc) is 3.28. The number of rotatable bonds is 18. The number of hydrogen-bond donors (Lipinski definition) is 13. The average molecular weight is 1030 g/mol. The van der Waals surface area contributed by atoms with Crippen LogP contribution in [0.5, 0.6) is 0 Å². The zero-order valence-electron chi connectivity index (χ0n) is 38.3. The molecule has 1 fully saturated rings. The maximum atomic E-state index is 14.0. The summed E-state index contributed by atoms with van der Waals surface area (Å²) in [4.78, 5) is 148. The van der Waals surface area contributed by atoms with E-state index in [1.165, 1.54) is 30.4 Å². The number of hydrogen-bond acceptors (Lipinski definition) is 15. The fraction of sp³-hybridized carbons (Fsp3) is 0.561. The van der Waals surface area contributed by atoms with Gasteiger partial charge in [-0.3, -0.25) is 57.7 Å². The number of unbranched alkanes of at least 4 members (excludes halogenated alkanes) is 1. The summed E-state index contributed by atoms with van der Waals surface area (Å²) in [6.07, 6.45) is 1.69. The summed E-state index contributed by atoms with van der Waals surface area (Å²) in [7, 11) is 0. The number of aliphatic imine (C=N–C) groups is 1. The molecule has 1 aromatic rings. The summed E-state index contributed by atoms with van der Waals surface area (Å²) >= 11 is 3.64. The minimum absolute atomic E-state index is 0.0167. The summed E-state index contributed by atoms with van der Waals surface area (Å²) in [6, 6.07) is 0.144. The van der Waals surface area contributed by atoms with Gasteiger partial charge in [0.1, 0.15) is 36.3 Å². The Morgan fingerprint density at radius 1 is 0.725 bits per heavy atom. The third kappa shape index (κ3) is 25.1. The van der Waals surface area contributed by atoms with Crippen LogP contribution in [0, 0.1) is 0 Å². The lowest BCUT2D eigenvalue weighted by molar-refractivity contribution is -0.141. The molecule has 0 spiro atoms. The second-order valence-corrected chi connectivity index (χ2v) is 18.7. The topological polar surface area (TPSA) is 407 Å². The van der Waals surface area contributed by atoms with Gasteiger partial charge in [-0.25, -0.2) is 0 Å². The van der Waals surface area contributed by atoms with Crippen LogP contribution >= 0.6 is 35.3 Å². The predicted molar refractivity (Wildman–Crippen MR) is 260 cm³/mol. The molecular formula is C41H63N13O12S3. The fourth-order valence-electron chi connectivity index (χ4n) is 6.24. The van der Waals surface area contributed by atoms with Gasteiger partial charge >= 0.3 is 5.97 Å². The van der Waals surface area contributed by atoms with Crippen molar-refractivity contribution in [2.75, 3.05) is 54.8 Å². The number of nitrogens with two attached hydrogens (primary N) is 3. The Balaban J connectivity index is 2.56. The normalized spacial score (nSPS) is 22.1. The summed E-state index contributed by atoms with van der Waals surface area (Å²) in [6.45, 7) is 0.0697. The molecular weight excluding hydrogens is 963 g/mol. The minimum atomic E-state index is -1.75. The highest BCUT2D eigenvalue weighted by Crippen LogP contribution is 2.13. The van der Waals surface area contributed by atoms with Crippen molar-refractivity contribution in [3.63, 3.8) is 0 Å². The van der Waals surface area contributed by atoms with Gasteiger partial charge < -0.3 is 70.2 Å². The number of carbonyl (C=O) groups excluding carboxylic acids is 10. The molecule has 1 heterocycles. The molecule has 2 rings (SSSR count). The highest BCUT2D eigenvalue weighted by atomic mass is 32.2. The number of aliphatic carboxylic acids is 1. The first kappa shape index (κ1) is 58.8. The van der Waals surface area contributed by atoms with Crippen molar-refractivity contribution in [1.82, 2.24) is 47.9 Å². The summed E-state index contributed by atoms with van der Waals surface area (Å²) in [5.74, 6) is -10.5. The number of benzene rings is 1. The summed E-state index contributed by atoms with van der Waals surface area (Å²) in [5, 5.41) is 32.4. The zero-order valence-corrected chi connectivity index (χ0v) is 40.7. The smallest absolute Gasteiger partial charge is 0.305 e. The number of guanidine groups is 1. The SMILES string of the molecule is CSCSC[C@@H]1NC(=O)[C@H](CCCCNC(C)=O)NC(=O)CSC[C@@H](C(N)=O)NC(=O)[C@H](Cc2ccccc2)NC(=O)CNC(=O)[C@H](CC(=O)O)NC(=O)CNC(=O)[C@H](CCCN=C(N)N)NC1=O. The Kier molecular flexibility index (Phi) is 27.7. The highest BCUT2D eigenvalue weighted by molar-refractivity contribution is 8.15. The van der Waals surface area contributed by atoms with Gasteiger partial charge in [-0.2, -0.15) is 11.8 Å². The van der Waals surface area contributed by atoms with E-state index in [1.54, 1.807) is 30.3 Å². The van der Waals surface area contributed by atoms with Crippen LogP contribution < -0.4 is 65.1 Å². The standard InChI is InChI=1S/C41H63N13O12S3/c1-23(55)45-13-7-6-11-26-38(64)54-30(20-69-22-67-2)40(66)52-25(12-8-14-46-41(43)44)36(62)47-17-32(57)51-28(16-34(59)60)37(63)48-18-31(56)50-27(15-24-9-4-3-5-10-24)39(65)53-29(35(42)61)19-68-21-33(58)49-26/h3-5,9-10,25-30H,6-8,11-22H2,1-2H3,(H2,42,61)(H,45,55)(H,47,62)(H,48,63)(H,49,58)(H,50,56)(H,51,57)(H,52,66)(H,53,65)(H,54,64)(H,59,60)(H4,43,44,46)/t25-,26-,27-,28-,29-,30-/m0/s1. The van der Waals surface area contributed by atoms with Crippen LogP contribution in [-0.4, -0.2) is 167 Å². The van der Waals surface area contributed by atoms with Crippen molar-refractivity contribution in [1.29, 1.82) is 0 Å². The fourth-order valence-corrected chi connectivity index (χ4v) is 8.64. The largest absolute Gasteiger partial charge is 0.481 e. The molecule has 28 heteroatoms. The number of nitrogens with one attached hydrogen (secondary N) is 9. The molecule has 6 atom stereocenters. The van der Waals surface area contributed by atoms with Gasteiger partial charge in [-0.1, -0.05) is 30.3 Å². The van der Waals surface area contributed by atoms with Crippen LogP contribution in [0.2, 0.25) is 0 Å². The van der Waals surface area contributed by atoms with Gasteiger partial charge in [0.2, 0.25) is 59.1 Å². The summed E-state index contributed by atoms with van der Waals surface area (Å²) < 4.78 is 0. The monoisotopic (exact) mass is 1030 g/mol. The molecule has 0 unspecified atom stereocenters. The Labute approximate surface area is 411 Å². The molecule has 0 aromatic heterocycles. The van der Waals surface area contributed by atoms with E-state index in [0.29, 0.717) is 23.5 Å². The lowest BCUT2D eigenvalue weighted by Gasteiger charge is -2.25. The first-order valence-corrected chi connectivity index (χ1v) is 25.3. The summed E-state index contributed by atoms with van der Waals surface area (Å²) in [5.41, 5.74) is 17.1. The maximum Gasteiger partial charge on any atom is 0.305 e. The van der Waals surface area contributed by atoms with E-state index in [-0.39, 0.29) is 67.9 Å². The first-order valence-electron chi connectivity index (χ1n) is 21.6. The lowest BCUT2D eigenvalue weighted by Crippen LogP contribution is -2.58. The van der Waals surface area contributed by atoms with E-state index in [4.69, 9.17) is 17.2 Å². The minimum Gasteiger partial charge on any atom is -0.481 e. The first-order chi connectivity index (χ1) is 32.8. The van der Waals surface area contributed by atoms with Crippen molar-refractivity contribution in [2.24, 2.45) is 22.2 Å². The Bertz CT molecular complexity index is 1980. The van der Waals surface area contributed by atoms with Gasteiger partial charge in [-0.05, 0) is 43.9 Å². The van der Waals surface area contributed by atoms with E-state index in [0.717, 1.165) is 11.8 Å². The third-order valence-electron chi connectivity index (χ3n) is 9.63. The third-order valence-corrected chi connectivity index (χ3v) is 12.8. The number of amides is 10. The maximum absolute atomic E-state index is 14.0. The lowest BCUT2D eigenvalue weighted by atomic mass is 10.0. The van der Waals surface area contributed by atoms with Crippen molar-refractivity contribution in [2.45, 2.75) is 88.1 Å². The van der Waals surface area contributed by atoms with Crippen molar-refractivity contribution >= 4 is 106 Å². The number of carboxylic acids is 1. The van der Waals surface area contributed by atoms with Crippen LogP contribution in [0.4, 0.5) is 0 Å². The van der Waals surface area contributed by atoms with E-state index < -0.39 is 115 Å². The number of nitrogens with zero attached hydrogens (tertiary/aromatic N) is 1. The van der Waals surface area contributed by atoms with Gasteiger partial charge in [0.05, 0.1) is 25.3 Å². The highest BCUT2D eigenvalue weighted by Gasteiger charge is 2.32. The van der Waals surface area contributed by atoms with E-state index >= 15 is 0 Å². The molecule has 0 aliphatic carbocycles. The van der Waals surface area contributed by atoms with Crippen LogP contribution in [0.25, 0.3) is 0 Å². The molecule has 0 saturated carbocycles. The molecule has 1 aliphatic rings. The molecule has 16 N–H and O–H groups in total. The quantitative estimate of drug-likeness (QED) is 0.0285. The van der Waals surface area contributed by atoms with E-state index in [1.807, 2.05) is 6.26 Å². The molecule has 382 valence electrons. The second kappa shape index (κ2) is 32.5. The van der Waals surface area contributed by atoms with Crippen molar-refractivity contribution in [3.05, 3.63) is 35.9 Å². The number of primary amides is 1. The molecule has 1 saturated heterocycles. The predicted octanol–water partition coefficient (Wildman–Crippen LogP) is -4.51. The molecule has 10 amide bonds. The molecule has 0 radical (unpaired) electrons. The van der Waals surface area contributed by atoms with Crippen molar-refractivity contribution in [3.8, 4) is 0 Å². The zero-order chi connectivity index (χ0) is 51.3. The van der Waals surface area contributed by atoms with Crippen LogP contribution in [0.15, 0.2) is 35.3 Å². The van der Waals surface area contributed by atoms with E-state index in [2.05, 4.69) is 52.8 Å². The molecule has 1 aliphatic heterocycles. The molecule has 69 heavy (non-hydrogen) atoms. The van der Waals surface area contributed by atoms with E-state index in [9.17, 15) is 57.8 Å². The molecule has 25 nitrogen and oxygen atoms in total. The molecule has 0 bridgehead atoms. The number of thioether (sulfide) groups is 3. The Morgan fingerprint density at radius 3 is 1.90 bits per heavy atom. The number of carbonyl (C=O) groups is 11. The van der Waals surface area contributed by atoms with Gasteiger partial charge in [0, 0.05) is 43.0 Å². The van der Waals surface area contributed by atoms with Crippen LogP contribution in [-0.2, 0) is 59.2 Å². The Morgan fingerprint density at radius 2 is 1.29 bits per heavy atom.